The third-order valence-corrected chi connectivity index (χ3v) is 3.88. The van der Waals surface area contributed by atoms with Gasteiger partial charge in [0.05, 0.1) is 19.1 Å². The van der Waals surface area contributed by atoms with Crippen molar-refractivity contribution in [1.82, 2.24) is 4.90 Å². The zero-order valence-corrected chi connectivity index (χ0v) is 11.5. The second-order valence-electron chi connectivity index (χ2n) is 5.30. The molecule has 0 aliphatic carbocycles. The highest BCUT2D eigenvalue weighted by atomic mass is 16.5. The first-order valence-electron chi connectivity index (χ1n) is 6.99. The van der Waals surface area contributed by atoms with E-state index in [1.54, 1.807) is 4.90 Å². The van der Waals surface area contributed by atoms with Crippen LogP contribution in [0, 0.1) is 5.92 Å². The predicted octanol–water partition coefficient (Wildman–Crippen LogP) is 0.550. The summed E-state index contributed by atoms with van der Waals surface area (Å²) in [6.45, 7) is 1.13. The largest absolute Gasteiger partial charge is 0.492 e. The lowest BCUT2D eigenvalue weighted by molar-refractivity contribution is -0.160. The molecule has 6 nitrogen and oxygen atoms in total. The Balaban J connectivity index is 1.67. The van der Waals surface area contributed by atoms with Gasteiger partial charge >= 0.3 is 5.97 Å². The molecular weight excluding hydrogens is 274 g/mol. The minimum absolute atomic E-state index is 0.0564. The maximum absolute atomic E-state index is 12.5. The van der Waals surface area contributed by atoms with E-state index in [0.29, 0.717) is 19.6 Å². The van der Waals surface area contributed by atoms with Crippen LogP contribution in [-0.4, -0.2) is 54.3 Å². The Morgan fingerprint density at radius 1 is 1.29 bits per heavy atom. The molecule has 21 heavy (non-hydrogen) atoms. The first-order chi connectivity index (χ1) is 10.1. The van der Waals surface area contributed by atoms with Crippen LogP contribution in [0.1, 0.15) is 5.56 Å². The van der Waals surface area contributed by atoms with Gasteiger partial charge in [0.2, 0.25) is 5.91 Å². The first-order valence-corrected chi connectivity index (χ1v) is 6.99. The number of hydrogen-bond acceptors (Lipinski definition) is 4. The highest BCUT2D eigenvalue weighted by molar-refractivity contribution is 5.81. The van der Waals surface area contributed by atoms with Crippen LogP contribution in [0.25, 0.3) is 0 Å². The molecule has 0 unspecified atom stereocenters. The minimum Gasteiger partial charge on any atom is -0.492 e. The molecule has 0 radical (unpaired) electrons. The van der Waals surface area contributed by atoms with Crippen molar-refractivity contribution in [1.29, 1.82) is 0 Å². The van der Waals surface area contributed by atoms with Gasteiger partial charge in [0.1, 0.15) is 12.4 Å². The van der Waals surface area contributed by atoms with Gasteiger partial charge in [-0.3, -0.25) is 4.79 Å². The molecule has 6 heteroatoms. The van der Waals surface area contributed by atoms with E-state index >= 15 is 0 Å². The number of amides is 1. The summed E-state index contributed by atoms with van der Waals surface area (Å²) in [5, 5.41) is 8.99. The summed E-state index contributed by atoms with van der Waals surface area (Å²) in [4.78, 5) is 25.1. The van der Waals surface area contributed by atoms with Crippen LogP contribution in [0.2, 0.25) is 0 Å². The van der Waals surface area contributed by atoms with Crippen LogP contribution in [0.15, 0.2) is 24.3 Å². The third-order valence-electron chi connectivity index (χ3n) is 3.88. The number of aliphatic carboxylic acids is 1. The smallest absolute Gasteiger partial charge is 0.334 e. The van der Waals surface area contributed by atoms with E-state index in [2.05, 4.69) is 0 Å². The number of hydrogen-bond donors (Lipinski definition) is 1. The highest BCUT2D eigenvalue weighted by Gasteiger charge is 2.34. The fourth-order valence-corrected chi connectivity index (χ4v) is 2.74. The van der Waals surface area contributed by atoms with Crippen LogP contribution in [0.3, 0.4) is 0 Å². The van der Waals surface area contributed by atoms with Gasteiger partial charge in [0.15, 0.2) is 6.10 Å². The number of carboxylic acid groups (broad SMARTS) is 1. The molecule has 2 aliphatic rings. The Labute approximate surface area is 122 Å². The van der Waals surface area contributed by atoms with Crippen molar-refractivity contribution in [3.8, 4) is 5.75 Å². The summed E-state index contributed by atoms with van der Waals surface area (Å²) >= 11 is 0. The Morgan fingerprint density at radius 3 is 2.90 bits per heavy atom. The Morgan fingerprint density at radius 2 is 2.10 bits per heavy atom. The summed E-state index contributed by atoms with van der Waals surface area (Å²) in [6.07, 6.45) is -0.302. The maximum atomic E-state index is 12.5. The molecule has 1 saturated heterocycles. The van der Waals surface area contributed by atoms with Crippen molar-refractivity contribution in [2.24, 2.45) is 5.92 Å². The molecule has 3 rings (SSSR count). The molecule has 0 saturated carbocycles. The van der Waals surface area contributed by atoms with E-state index in [4.69, 9.17) is 14.6 Å². The van der Waals surface area contributed by atoms with Gasteiger partial charge in [-0.05, 0) is 18.1 Å². The first kappa shape index (κ1) is 13.9. The Bertz CT molecular complexity index is 559. The van der Waals surface area contributed by atoms with Gasteiger partial charge in [-0.15, -0.1) is 0 Å². The summed E-state index contributed by atoms with van der Waals surface area (Å²) < 4.78 is 10.8. The molecule has 112 valence electrons. The summed E-state index contributed by atoms with van der Waals surface area (Å²) in [5.74, 6) is -0.517. The number of ether oxygens (including phenoxy) is 2. The number of benzene rings is 1. The number of carbonyl (C=O) groups is 2. The van der Waals surface area contributed by atoms with Gasteiger partial charge in [-0.25, -0.2) is 4.79 Å². The Kier molecular flexibility index (Phi) is 3.79. The van der Waals surface area contributed by atoms with E-state index in [9.17, 15) is 9.59 Å². The van der Waals surface area contributed by atoms with Crippen molar-refractivity contribution in [2.75, 3.05) is 26.3 Å². The van der Waals surface area contributed by atoms with Crippen molar-refractivity contribution < 1.29 is 24.2 Å². The van der Waals surface area contributed by atoms with E-state index in [1.165, 1.54) is 0 Å². The number of carboxylic acids is 1. The standard InChI is InChI=1S/C15H17NO5/c17-14(16-5-6-20-13(8-16)15(18)19)11-7-10-3-1-2-4-12(10)21-9-11/h1-4,11,13H,5-9H2,(H,18,19)/t11-,13+/m0/s1. The molecule has 1 amide bonds. The summed E-state index contributed by atoms with van der Waals surface area (Å²) in [7, 11) is 0. The van der Waals surface area contributed by atoms with E-state index in [0.717, 1.165) is 11.3 Å². The number of fused-ring (bicyclic) bond motifs is 1. The van der Waals surface area contributed by atoms with Crippen molar-refractivity contribution in [3.63, 3.8) is 0 Å². The monoisotopic (exact) mass is 291 g/mol. The quantitative estimate of drug-likeness (QED) is 0.861. The highest BCUT2D eigenvalue weighted by Crippen LogP contribution is 2.28. The second-order valence-corrected chi connectivity index (χ2v) is 5.30. The Hall–Kier alpha value is -2.08. The summed E-state index contributed by atoms with van der Waals surface area (Å²) in [5.41, 5.74) is 1.02. The molecule has 2 aliphatic heterocycles. The molecule has 0 aromatic heterocycles. The number of rotatable bonds is 2. The van der Waals surface area contributed by atoms with Gasteiger partial charge in [0, 0.05) is 6.54 Å². The van der Waals surface area contributed by atoms with Gasteiger partial charge in [-0.2, -0.15) is 0 Å². The van der Waals surface area contributed by atoms with Gasteiger partial charge in [-0.1, -0.05) is 18.2 Å². The van der Waals surface area contributed by atoms with Gasteiger partial charge < -0.3 is 19.5 Å². The summed E-state index contributed by atoms with van der Waals surface area (Å²) in [6, 6.07) is 7.67. The van der Waals surface area contributed by atoms with Crippen molar-refractivity contribution in [3.05, 3.63) is 29.8 Å². The molecule has 2 atom stereocenters. The molecule has 0 spiro atoms. The van der Waals surface area contributed by atoms with Crippen molar-refractivity contribution >= 4 is 11.9 Å². The van der Waals surface area contributed by atoms with Crippen LogP contribution in [0.5, 0.6) is 5.75 Å². The molecule has 1 aromatic rings. The maximum Gasteiger partial charge on any atom is 0.334 e. The topological polar surface area (TPSA) is 76.1 Å². The fourth-order valence-electron chi connectivity index (χ4n) is 2.74. The van der Waals surface area contributed by atoms with Crippen LogP contribution < -0.4 is 4.74 Å². The number of nitrogens with zero attached hydrogens (tertiary/aromatic N) is 1. The van der Waals surface area contributed by atoms with E-state index in [-0.39, 0.29) is 25.0 Å². The van der Waals surface area contributed by atoms with Gasteiger partial charge in [0.25, 0.3) is 0 Å². The number of para-hydroxylation sites is 1. The van der Waals surface area contributed by atoms with E-state index < -0.39 is 12.1 Å². The van der Waals surface area contributed by atoms with E-state index in [1.807, 2.05) is 24.3 Å². The number of carbonyl (C=O) groups excluding carboxylic acids is 1. The second kappa shape index (κ2) is 5.73. The SMILES string of the molecule is O=C(O)[C@H]1CN(C(=O)[C@@H]2COc3ccccc3C2)CCO1. The average Bonchev–Trinajstić information content (AvgIpc) is 2.53. The van der Waals surface area contributed by atoms with Crippen molar-refractivity contribution in [2.45, 2.75) is 12.5 Å². The van der Waals surface area contributed by atoms with Crippen LogP contribution in [-0.2, 0) is 20.7 Å². The lowest BCUT2D eigenvalue weighted by Gasteiger charge is -2.34. The molecule has 0 bridgehead atoms. The normalized spacial score (nSPS) is 24.9. The minimum atomic E-state index is -1.03. The molecule has 2 heterocycles. The predicted molar refractivity (Wildman–Crippen MR) is 73.1 cm³/mol. The lowest BCUT2D eigenvalue weighted by atomic mass is 9.95. The molecular formula is C15H17NO5. The molecule has 1 fully saturated rings. The van der Waals surface area contributed by atoms with Crippen LogP contribution in [0.4, 0.5) is 0 Å². The fraction of sp³-hybridized carbons (Fsp3) is 0.467. The molecule has 1 aromatic carbocycles. The third kappa shape index (κ3) is 2.85. The lowest BCUT2D eigenvalue weighted by Crippen LogP contribution is -2.51. The molecule has 1 N–H and O–H groups in total. The average molecular weight is 291 g/mol. The zero-order chi connectivity index (χ0) is 14.8. The number of morpholine rings is 1. The zero-order valence-electron chi connectivity index (χ0n) is 11.5. The van der Waals surface area contributed by atoms with Crippen LogP contribution >= 0.6 is 0 Å².